The molecular formula is C25H29N5O. The lowest BCUT2D eigenvalue weighted by Gasteiger charge is -2.33. The third kappa shape index (κ3) is 5.61. The molecule has 2 N–H and O–H groups in total. The van der Waals surface area contributed by atoms with Gasteiger partial charge in [-0.15, -0.1) is 0 Å². The number of nitrogens with one attached hydrogen (secondary N) is 2. The van der Waals surface area contributed by atoms with Crippen molar-refractivity contribution in [3.05, 3.63) is 95.7 Å². The molecule has 0 saturated carbocycles. The van der Waals surface area contributed by atoms with Crippen LogP contribution in [0.1, 0.15) is 22.7 Å². The fraction of sp³-hybridized carbons (Fsp3) is 0.280. The minimum Gasteiger partial charge on any atom is -0.354 e. The number of likely N-dealkylation sites (N-methyl/N-ethyl adjacent to an activating group) is 1. The first-order chi connectivity index (χ1) is 15.2. The molecule has 2 amide bonds. The highest BCUT2D eigenvalue weighted by molar-refractivity contribution is 5.75. The van der Waals surface area contributed by atoms with Crippen molar-refractivity contribution in [2.75, 3.05) is 38.1 Å². The predicted molar refractivity (Wildman–Crippen MR) is 124 cm³/mol. The highest BCUT2D eigenvalue weighted by Crippen LogP contribution is 2.21. The number of aromatic nitrogens is 1. The lowest BCUT2D eigenvalue weighted by Crippen LogP contribution is -2.44. The van der Waals surface area contributed by atoms with Crippen molar-refractivity contribution < 1.29 is 4.79 Å². The summed E-state index contributed by atoms with van der Waals surface area (Å²) in [6.07, 6.45) is 1.85. The Morgan fingerprint density at radius 2 is 1.52 bits per heavy atom. The topological polar surface area (TPSA) is 60.5 Å². The van der Waals surface area contributed by atoms with E-state index in [-0.39, 0.29) is 12.1 Å². The molecule has 6 heteroatoms. The molecule has 0 bridgehead atoms. The van der Waals surface area contributed by atoms with Crippen LogP contribution in [0.25, 0.3) is 0 Å². The van der Waals surface area contributed by atoms with E-state index in [9.17, 15) is 4.79 Å². The van der Waals surface area contributed by atoms with Gasteiger partial charge in [0.25, 0.3) is 0 Å². The molecule has 0 aliphatic carbocycles. The molecule has 1 aromatic heterocycles. The average molecular weight is 416 g/mol. The van der Waals surface area contributed by atoms with Crippen LogP contribution in [0.15, 0.2) is 79.0 Å². The van der Waals surface area contributed by atoms with Crippen LogP contribution in [-0.2, 0) is 6.54 Å². The van der Waals surface area contributed by atoms with Crippen molar-refractivity contribution in [2.45, 2.75) is 12.6 Å². The van der Waals surface area contributed by atoms with E-state index < -0.39 is 0 Å². The van der Waals surface area contributed by atoms with E-state index in [1.165, 1.54) is 0 Å². The molecule has 1 aliphatic rings. The Kier molecular flexibility index (Phi) is 6.79. The lowest BCUT2D eigenvalue weighted by molar-refractivity contribution is 0.238. The number of amides is 2. The molecule has 0 radical (unpaired) electrons. The number of rotatable bonds is 6. The third-order valence-electron chi connectivity index (χ3n) is 5.63. The van der Waals surface area contributed by atoms with Crippen LogP contribution in [0, 0.1) is 0 Å². The second-order valence-corrected chi connectivity index (χ2v) is 7.90. The van der Waals surface area contributed by atoms with Gasteiger partial charge in [-0.05, 0) is 29.8 Å². The number of carbonyl (C=O) groups excluding carboxylic acids is 1. The highest BCUT2D eigenvalue weighted by atomic mass is 16.2. The summed E-state index contributed by atoms with van der Waals surface area (Å²) in [5, 5.41) is 6.07. The molecule has 2 heterocycles. The second-order valence-electron chi connectivity index (χ2n) is 7.90. The molecule has 1 saturated heterocycles. The summed E-state index contributed by atoms with van der Waals surface area (Å²) in [6, 6.07) is 23.7. The first kappa shape index (κ1) is 20.9. The fourth-order valence-electron chi connectivity index (χ4n) is 3.76. The Balaban J connectivity index is 1.35. The van der Waals surface area contributed by atoms with Crippen molar-refractivity contribution in [1.29, 1.82) is 0 Å². The normalized spacial score (nSPS) is 14.5. The summed E-state index contributed by atoms with van der Waals surface area (Å²) < 4.78 is 0. The van der Waals surface area contributed by atoms with Crippen molar-refractivity contribution in [3.8, 4) is 0 Å². The minimum absolute atomic E-state index is 0.208. The van der Waals surface area contributed by atoms with Gasteiger partial charge in [0.05, 0.1) is 6.04 Å². The van der Waals surface area contributed by atoms with Gasteiger partial charge in [0, 0.05) is 38.9 Å². The molecule has 2 aromatic carbocycles. The lowest BCUT2D eigenvalue weighted by atomic mass is 9.99. The van der Waals surface area contributed by atoms with E-state index in [4.69, 9.17) is 0 Å². The molecule has 1 aliphatic heterocycles. The van der Waals surface area contributed by atoms with E-state index in [2.05, 4.69) is 32.5 Å². The van der Waals surface area contributed by atoms with Gasteiger partial charge in [-0.3, -0.25) is 0 Å². The zero-order valence-corrected chi connectivity index (χ0v) is 17.9. The molecular weight excluding hydrogens is 386 g/mol. The average Bonchev–Trinajstić information content (AvgIpc) is 2.83. The summed E-state index contributed by atoms with van der Waals surface area (Å²) in [7, 11) is 2.14. The molecule has 3 aromatic rings. The standard InChI is InChI=1S/C25H29N5O/c1-29-14-16-30(17-15-29)23-13-12-20(18-26-23)19-27-25(31)28-24(21-8-4-2-5-9-21)22-10-6-3-7-11-22/h2-13,18,24H,14-17,19H2,1H3,(H2,27,28,31). The van der Waals surface area contributed by atoms with Crippen LogP contribution in [0.5, 0.6) is 0 Å². The Hall–Kier alpha value is -3.38. The maximum atomic E-state index is 12.7. The van der Waals surface area contributed by atoms with E-state index in [1.807, 2.05) is 79.0 Å². The Morgan fingerprint density at radius 3 is 2.06 bits per heavy atom. The van der Waals surface area contributed by atoms with Crippen molar-refractivity contribution in [3.63, 3.8) is 0 Å². The van der Waals surface area contributed by atoms with Crippen LogP contribution < -0.4 is 15.5 Å². The van der Waals surface area contributed by atoms with Gasteiger partial charge in [0.2, 0.25) is 0 Å². The largest absolute Gasteiger partial charge is 0.354 e. The monoisotopic (exact) mass is 415 g/mol. The molecule has 0 atom stereocenters. The summed E-state index contributed by atoms with van der Waals surface area (Å²) >= 11 is 0. The van der Waals surface area contributed by atoms with Crippen molar-refractivity contribution in [2.24, 2.45) is 0 Å². The number of urea groups is 1. The van der Waals surface area contributed by atoms with Crippen LogP contribution in [0.2, 0.25) is 0 Å². The highest BCUT2D eigenvalue weighted by Gasteiger charge is 2.17. The molecule has 160 valence electrons. The van der Waals surface area contributed by atoms with E-state index >= 15 is 0 Å². The number of hydrogen-bond acceptors (Lipinski definition) is 4. The van der Waals surface area contributed by atoms with Gasteiger partial charge >= 0.3 is 6.03 Å². The molecule has 0 spiro atoms. The number of pyridine rings is 1. The van der Waals surface area contributed by atoms with Gasteiger partial charge in [-0.25, -0.2) is 9.78 Å². The summed E-state index contributed by atoms with van der Waals surface area (Å²) in [5.74, 6) is 0.995. The number of nitrogens with zero attached hydrogens (tertiary/aromatic N) is 3. The maximum absolute atomic E-state index is 12.7. The van der Waals surface area contributed by atoms with E-state index in [1.54, 1.807) is 0 Å². The minimum atomic E-state index is -0.208. The predicted octanol–water partition coefficient (Wildman–Crippen LogP) is 3.42. The Morgan fingerprint density at radius 1 is 0.903 bits per heavy atom. The smallest absolute Gasteiger partial charge is 0.315 e. The third-order valence-corrected chi connectivity index (χ3v) is 5.63. The van der Waals surface area contributed by atoms with E-state index in [0.717, 1.165) is 48.7 Å². The van der Waals surface area contributed by atoms with E-state index in [0.29, 0.717) is 6.54 Å². The number of carbonyl (C=O) groups is 1. The quantitative estimate of drug-likeness (QED) is 0.648. The van der Waals surface area contributed by atoms with Gasteiger partial charge in [-0.2, -0.15) is 0 Å². The Labute approximate surface area is 183 Å². The van der Waals surface area contributed by atoms with Crippen LogP contribution in [-0.4, -0.2) is 49.1 Å². The van der Waals surface area contributed by atoms with Crippen LogP contribution in [0.4, 0.5) is 10.6 Å². The first-order valence-electron chi connectivity index (χ1n) is 10.7. The van der Waals surface area contributed by atoms with Gasteiger partial charge in [0.15, 0.2) is 0 Å². The molecule has 31 heavy (non-hydrogen) atoms. The van der Waals surface area contributed by atoms with Crippen molar-refractivity contribution in [1.82, 2.24) is 20.5 Å². The van der Waals surface area contributed by atoms with Gasteiger partial charge in [0.1, 0.15) is 5.82 Å². The molecule has 6 nitrogen and oxygen atoms in total. The zero-order chi connectivity index (χ0) is 21.5. The fourth-order valence-corrected chi connectivity index (χ4v) is 3.76. The first-order valence-corrected chi connectivity index (χ1v) is 10.7. The molecule has 0 unspecified atom stereocenters. The zero-order valence-electron chi connectivity index (χ0n) is 17.9. The second kappa shape index (κ2) is 10.1. The maximum Gasteiger partial charge on any atom is 0.315 e. The van der Waals surface area contributed by atoms with Crippen LogP contribution in [0.3, 0.4) is 0 Å². The van der Waals surface area contributed by atoms with Crippen LogP contribution >= 0.6 is 0 Å². The van der Waals surface area contributed by atoms with Gasteiger partial charge in [-0.1, -0.05) is 66.7 Å². The number of benzene rings is 2. The SMILES string of the molecule is CN1CCN(c2ccc(CNC(=O)NC(c3ccccc3)c3ccccc3)cn2)CC1. The van der Waals surface area contributed by atoms with Crippen molar-refractivity contribution >= 4 is 11.8 Å². The summed E-state index contributed by atoms with van der Waals surface area (Å²) in [5.41, 5.74) is 3.06. The molecule has 4 rings (SSSR count). The molecule has 1 fully saturated rings. The number of piperazine rings is 1. The summed E-state index contributed by atoms with van der Waals surface area (Å²) in [6.45, 7) is 4.51. The summed E-state index contributed by atoms with van der Waals surface area (Å²) in [4.78, 5) is 21.9. The van der Waals surface area contributed by atoms with Gasteiger partial charge < -0.3 is 20.4 Å². The number of hydrogen-bond donors (Lipinski definition) is 2. The number of anilines is 1. The Bertz CT molecular complexity index is 915.